The molecule has 0 radical (unpaired) electrons. The van der Waals surface area contributed by atoms with Gasteiger partial charge in [-0.2, -0.15) is 0 Å². The zero-order chi connectivity index (χ0) is 24.9. The standard InChI is InChI=1S/C25H25BrClN3O5/c1-13(12-31)30-21(23(33)29-17-10-6-5-9-16(17)27)25-11-15(26)20(35-25)18(19(25)24(30)34)22(32)28-14-7-3-2-4-8-14/h2-10,13,15,18-21,31H,11-12H2,1H3,(H,28,32)(H,29,33)/t13-,15?,18-,19+,20-,21?,25?/m1/s1. The number of nitrogens with zero attached hydrogens (tertiary/aromatic N) is 1. The number of para-hydroxylation sites is 2. The summed E-state index contributed by atoms with van der Waals surface area (Å²) in [7, 11) is 0. The minimum absolute atomic E-state index is 0.224. The third-order valence-corrected chi connectivity index (χ3v) is 8.36. The number of nitrogens with one attached hydrogen (secondary N) is 2. The first-order valence-electron chi connectivity index (χ1n) is 11.4. The smallest absolute Gasteiger partial charge is 0.250 e. The third kappa shape index (κ3) is 3.85. The lowest BCUT2D eigenvalue weighted by molar-refractivity contribution is -0.142. The van der Waals surface area contributed by atoms with Gasteiger partial charge in [0, 0.05) is 10.5 Å². The number of hydrogen-bond donors (Lipinski definition) is 3. The van der Waals surface area contributed by atoms with Crippen LogP contribution in [-0.4, -0.2) is 63.0 Å². The highest BCUT2D eigenvalue weighted by Crippen LogP contribution is 2.60. The van der Waals surface area contributed by atoms with E-state index in [4.69, 9.17) is 16.3 Å². The Kier molecular flexibility index (Phi) is 6.37. The third-order valence-electron chi connectivity index (χ3n) is 7.19. The van der Waals surface area contributed by atoms with Gasteiger partial charge in [0.25, 0.3) is 0 Å². The fourth-order valence-corrected chi connectivity index (χ4v) is 6.87. The van der Waals surface area contributed by atoms with Crippen molar-refractivity contribution in [1.29, 1.82) is 0 Å². The van der Waals surface area contributed by atoms with Crippen LogP contribution in [0.5, 0.6) is 0 Å². The Morgan fingerprint density at radius 2 is 1.86 bits per heavy atom. The van der Waals surface area contributed by atoms with Gasteiger partial charge >= 0.3 is 0 Å². The van der Waals surface area contributed by atoms with Crippen molar-refractivity contribution >= 4 is 56.6 Å². The SMILES string of the molecule is C[C@H](CO)N1C(=O)[C@@H]2[C@@H](C(=O)Nc3ccccc3)[C@@H]3OC2(CC3Br)C1C(=O)Nc1ccccc1Cl. The molecule has 3 aliphatic rings. The summed E-state index contributed by atoms with van der Waals surface area (Å²) >= 11 is 9.89. The molecule has 0 aliphatic carbocycles. The van der Waals surface area contributed by atoms with Gasteiger partial charge in [-0.3, -0.25) is 14.4 Å². The molecule has 2 aromatic carbocycles. The number of likely N-dealkylation sites (tertiary alicyclic amines) is 1. The molecule has 2 bridgehead atoms. The zero-order valence-corrected chi connectivity index (χ0v) is 21.2. The maximum Gasteiger partial charge on any atom is 0.250 e. The number of rotatable bonds is 6. The van der Waals surface area contributed by atoms with Gasteiger partial charge < -0.3 is 25.4 Å². The van der Waals surface area contributed by atoms with Crippen molar-refractivity contribution < 1.29 is 24.2 Å². The summed E-state index contributed by atoms with van der Waals surface area (Å²) in [6.07, 6.45) is -0.201. The van der Waals surface area contributed by atoms with Crippen LogP contribution < -0.4 is 10.6 Å². The van der Waals surface area contributed by atoms with Crippen LogP contribution in [0.15, 0.2) is 54.6 Å². The molecular formula is C25H25BrClN3O5. The van der Waals surface area contributed by atoms with Crippen LogP contribution in [0.3, 0.4) is 0 Å². The average Bonchev–Trinajstić information content (AvgIpc) is 3.44. The molecule has 3 amide bonds. The van der Waals surface area contributed by atoms with Crippen LogP contribution in [0.25, 0.3) is 0 Å². The second-order valence-corrected chi connectivity index (χ2v) is 10.8. The van der Waals surface area contributed by atoms with Crippen LogP contribution >= 0.6 is 27.5 Å². The van der Waals surface area contributed by atoms with Crippen LogP contribution in [-0.2, 0) is 19.1 Å². The van der Waals surface area contributed by atoms with Crippen LogP contribution in [0, 0.1) is 11.8 Å². The fraction of sp³-hybridized carbons (Fsp3) is 0.400. The molecule has 10 heteroatoms. The number of aliphatic hydroxyl groups is 1. The van der Waals surface area contributed by atoms with Crippen LogP contribution in [0.2, 0.25) is 5.02 Å². The van der Waals surface area contributed by atoms with Gasteiger partial charge in [0.15, 0.2) is 0 Å². The number of fused-ring (bicyclic) bond motifs is 1. The van der Waals surface area contributed by atoms with Crippen molar-refractivity contribution in [2.24, 2.45) is 11.8 Å². The van der Waals surface area contributed by atoms with E-state index in [0.29, 0.717) is 22.8 Å². The molecule has 3 saturated heterocycles. The molecule has 184 valence electrons. The second-order valence-electron chi connectivity index (χ2n) is 9.27. The molecule has 3 N–H and O–H groups in total. The first-order chi connectivity index (χ1) is 16.8. The number of amides is 3. The first kappa shape index (κ1) is 24.2. The number of aliphatic hydroxyl groups excluding tert-OH is 1. The normalized spacial score (nSPS) is 31.8. The van der Waals surface area contributed by atoms with Crippen LogP contribution in [0.1, 0.15) is 13.3 Å². The molecule has 8 nitrogen and oxygen atoms in total. The molecule has 5 rings (SSSR count). The largest absolute Gasteiger partial charge is 0.394 e. The lowest BCUT2D eigenvalue weighted by Gasteiger charge is -2.35. The molecule has 3 heterocycles. The summed E-state index contributed by atoms with van der Waals surface area (Å²) < 4.78 is 6.42. The van der Waals surface area contributed by atoms with E-state index in [0.717, 1.165) is 0 Å². The minimum Gasteiger partial charge on any atom is -0.394 e. The van der Waals surface area contributed by atoms with Gasteiger partial charge in [0.2, 0.25) is 17.7 Å². The molecule has 0 saturated carbocycles. The first-order valence-corrected chi connectivity index (χ1v) is 12.7. The number of carbonyl (C=O) groups excluding carboxylic acids is 3. The molecule has 3 aliphatic heterocycles. The predicted molar refractivity (Wildman–Crippen MR) is 134 cm³/mol. The number of benzene rings is 2. The van der Waals surface area contributed by atoms with Gasteiger partial charge in [-0.05, 0) is 37.6 Å². The second kappa shape index (κ2) is 9.20. The Morgan fingerprint density at radius 1 is 1.17 bits per heavy atom. The van der Waals surface area contributed by atoms with Gasteiger partial charge in [-0.15, -0.1) is 0 Å². The maximum atomic E-state index is 13.8. The van der Waals surface area contributed by atoms with E-state index in [9.17, 15) is 19.5 Å². The Hall–Kier alpha value is -2.46. The number of hydrogen-bond acceptors (Lipinski definition) is 5. The van der Waals surface area contributed by atoms with Gasteiger partial charge in [-0.1, -0.05) is 57.9 Å². The molecule has 0 aromatic heterocycles. The van der Waals surface area contributed by atoms with E-state index in [1.807, 2.05) is 18.2 Å². The molecule has 3 unspecified atom stereocenters. The molecule has 2 aromatic rings. The van der Waals surface area contributed by atoms with Crippen molar-refractivity contribution in [2.75, 3.05) is 17.2 Å². The average molecular weight is 563 g/mol. The highest BCUT2D eigenvalue weighted by Gasteiger charge is 2.76. The van der Waals surface area contributed by atoms with Gasteiger partial charge in [0.1, 0.15) is 11.6 Å². The number of halogens is 2. The van der Waals surface area contributed by atoms with Gasteiger partial charge in [-0.25, -0.2) is 0 Å². The van der Waals surface area contributed by atoms with Gasteiger partial charge in [0.05, 0.1) is 41.3 Å². The highest BCUT2D eigenvalue weighted by molar-refractivity contribution is 9.09. The van der Waals surface area contributed by atoms with E-state index in [1.165, 1.54) is 4.90 Å². The summed E-state index contributed by atoms with van der Waals surface area (Å²) in [5, 5.41) is 16.0. The zero-order valence-electron chi connectivity index (χ0n) is 18.9. The summed E-state index contributed by atoms with van der Waals surface area (Å²) in [4.78, 5) is 42.1. The number of carbonyl (C=O) groups is 3. The Balaban J connectivity index is 1.52. The number of anilines is 2. The molecule has 7 atom stereocenters. The summed E-state index contributed by atoms with van der Waals surface area (Å²) in [6.45, 7) is 1.33. The van der Waals surface area contributed by atoms with Crippen molar-refractivity contribution in [3.8, 4) is 0 Å². The summed E-state index contributed by atoms with van der Waals surface area (Å²) in [6, 6.07) is 14.1. The molecule has 1 spiro atoms. The summed E-state index contributed by atoms with van der Waals surface area (Å²) in [5.74, 6) is -2.85. The topological polar surface area (TPSA) is 108 Å². The minimum atomic E-state index is -1.22. The van der Waals surface area contributed by atoms with Crippen molar-refractivity contribution in [1.82, 2.24) is 4.90 Å². The number of alkyl halides is 1. The van der Waals surface area contributed by atoms with E-state index in [1.54, 1.807) is 43.3 Å². The van der Waals surface area contributed by atoms with Crippen molar-refractivity contribution in [3.63, 3.8) is 0 Å². The Bertz CT molecular complexity index is 1170. The van der Waals surface area contributed by atoms with E-state index in [2.05, 4.69) is 26.6 Å². The van der Waals surface area contributed by atoms with Crippen molar-refractivity contribution in [3.05, 3.63) is 59.6 Å². The monoisotopic (exact) mass is 561 g/mol. The maximum absolute atomic E-state index is 13.8. The lowest BCUT2D eigenvalue weighted by Crippen LogP contribution is -2.56. The van der Waals surface area contributed by atoms with Crippen LogP contribution in [0.4, 0.5) is 11.4 Å². The van der Waals surface area contributed by atoms with E-state index >= 15 is 0 Å². The lowest BCUT2D eigenvalue weighted by atomic mass is 9.70. The number of ether oxygens (including phenoxy) is 1. The quantitative estimate of drug-likeness (QED) is 0.469. The molecular weight excluding hydrogens is 538 g/mol. The summed E-state index contributed by atoms with van der Waals surface area (Å²) in [5.41, 5.74) is -0.201. The molecule has 3 fully saturated rings. The van der Waals surface area contributed by atoms with E-state index < -0.39 is 41.5 Å². The fourth-order valence-electron chi connectivity index (χ4n) is 5.74. The van der Waals surface area contributed by atoms with E-state index in [-0.39, 0.29) is 23.2 Å². The predicted octanol–water partition coefficient (Wildman–Crippen LogP) is 3.05. The highest BCUT2D eigenvalue weighted by atomic mass is 79.9. The van der Waals surface area contributed by atoms with Crippen molar-refractivity contribution in [2.45, 2.75) is 42.0 Å². The Morgan fingerprint density at radius 3 is 2.54 bits per heavy atom. The molecule has 35 heavy (non-hydrogen) atoms. The Labute approximate surface area is 216 Å².